The molecule has 0 fully saturated rings. The Balaban J connectivity index is 2.23. The van der Waals surface area contributed by atoms with E-state index in [0.717, 1.165) is 12.1 Å². The van der Waals surface area contributed by atoms with E-state index in [2.05, 4.69) is 15.6 Å². The first kappa shape index (κ1) is 13.4. The maximum atomic E-state index is 13.6. The van der Waals surface area contributed by atoms with E-state index in [4.69, 9.17) is 0 Å². The van der Waals surface area contributed by atoms with Gasteiger partial charge in [-0.2, -0.15) is 0 Å². The topological polar surface area (TPSA) is 54.0 Å². The number of halogens is 2. The average Bonchev–Trinajstić information content (AvgIpc) is 2.86. The minimum Gasteiger partial charge on any atom is -0.381 e. The van der Waals surface area contributed by atoms with E-state index in [1.54, 1.807) is 12.3 Å². The summed E-state index contributed by atoms with van der Waals surface area (Å²) in [4.78, 5) is 15.6. The fourth-order valence-corrected chi connectivity index (χ4v) is 2.03. The van der Waals surface area contributed by atoms with Gasteiger partial charge in [0.1, 0.15) is 17.3 Å². The summed E-state index contributed by atoms with van der Waals surface area (Å²) >= 11 is 1.22. The number of carbonyl (C=O) groups is 1. The first-order chi connectivity index (χ1) is 9.11. The van der Waals surface area contributed by atoms with Gasteiger partial charge in [0.15, 0.2) is 5.13 Å². The zero-order chi connectivity index (χ0) is 13.8. The maximum absolute atomic E-state index is 13.6. The third kappa shape index (κ3) is 3.05. The molecule has 0 spiro atoms. The Hall–Kier alpha value is -2.02. The molecule has 1 heterocycles. The van der Waals surface area contributed by atoms with Crippen molar-refractivity contribution in [1.82, 2.24) is 4.98 Å². The first-order valence-corrected chi connectivity index (χ1v) is 6.43. The van der Waals surface area contributed by atoms with Crippen LogP contribution in [0.3, 0.4) is 0 Å². The van der Waals surface area contributed by atoms with Gasteiger partial charge in [-0.25, -0.2) is 13.8 Å². The molecule has 2 aromatic rings. The molecule has 0 saturated carbocycles. The van der Waals surface area contributed by atoms with E-state index in [9.17, 15) is 13.6 Å². The lowest BCUT2D eigenvalue weighted by molar-refractivity contribution is 0.102. The number of benzene rings is 1. The molecule has 1 aromatic carbocycles. The van der Waals surface area contributed by atoms with Gasteiger partial charge in [0.2, 0.25) is 0 Å². The van der Waals surface area contributed by atoms with Crippen LogP contribution in [0.25, 0.3) is 0 Å². The van der Waals surface area contributed by atoms with Crippen LogP contribution in [0.2, 0.25) is 0 Å². The molecule has 0 aliphatic carbocycles. The van der Waals surface area contributed by atoms with Crippen LogP contribution in [0.1, 0.15) is 17.3 Å². The highest BCUT2D eigenvalue weighted by molar-refractivity contribution is 7.13. The molecule has 2 N–H and O–H groups in total. The first-order valence-electron chi connectivity index (χ1n) is 5.55. The second-order valence-electron chi connectivity index (χ2n) is 3.64. The van der Waals surface area contributed by atoms with Gasteiger partial charge in [-0.05, 0) is 19.1 Å². The van der Waals surface area contributed by atoms with Crippen LogP contribution in [0, 0.1) is 11.6 Å². The SMILES string of the molecule is CCNc1c(F)cc(C(=O)Nc2nccs2)cc1F. The Bertz CT molecular complexity index is 564. The Kier molecular flexibility index (Phi) is 4.06. The number of amides is 1. The molecule has 0 aliphatic heterocycles. The zero-order valence-electron chi connectivity index (χ0n) is 10.0. The molecule has 19 heavy (non-hydrogen) atoms. The molecular formula is C12H11F2N3OS. The number of carbonyl (C=O) groups excluding carboxylic acids is 1. The highest BCUT2D eigenvalue weighted by atomic mass is 32.1. The van der Waals surface area contributed by atoms with Gasteiger partial charge in [-0.15, -0.1) is 11.3 Å². The summed E-state index contributed by atoms with van der Waals surface area (Å²) in [7, 11) is 0. The standard InChI is InChI=1S/C12H11F2N3OS/c1-2-15-10-8(13)5-7(6-9(10)14)11(18)17-12-16-3-4-19-12/h3-6,15H,2H2,1H3,(H,16,17,18). The number of aromatic nitrogens is 1. The van der Waals surface area contributed by atoms with Gasteiger partial charge in [-0.3, -0.25) is 10.1 Å². The normalized spacial score (nSPS) is 10.3. The van der Waals surface area contributed by atoms with Crippen molar-refractivity contribution in [3.05, 3.63) is 40.9 Å². The Labute approximate surface area is 112 Å². The summed E-state index contributed by atoms with van der Waals surface area (Å²) in [6.07, 6.45) is 1.52. The van der Waals surface area contributed by atoms with E-state index in [1.807, 2.05) is 0 Å². The summed E-state index contributed by atoms with van der Waals surface area (Å²) in [6, 6.07) is 1.98. The van der Waals surface area contributed by atoms with Crippen molar-refractivity contribution in [2.75, 3.05) is 17.2 Å². The molecule has 100 valence electrons. The average molecular weight is 283 g/mol. The van der Waals surface area contributed by atoms with Crippen molar-refractivity contribution < 1.29 is 13.6 Å². The zero-order valence-corrected chi connectivity index (χ0v) is 10.9. The predicted molar refractivity (Wildman–Crippen MR) is 70.6 cm³/mol. The fraction of sp³-hybridized carbons (Fsp3) is 0.167. The highest BCUT2D eigenvalue weighted by Gasteiger charge is 2.15. The van der Waals surface area contributed by atoms with Gasteiger partial charge in [0, 0.05) is 23.7 Å². The quantitative estimate of drug-likeness (QED) is 0.906. The molecule has 0 atom stereocenters. The second-order valence-corrected chi connectivity index (χ2v) is 4.53. The number of anilines is 2. The number of hydrogen-bond acceptors (Lipinski definition) is 4. The van der Waals surface area contributed by atoms with E-state index in [-0.39, 0.29) is 11.3 Å². The third-order valence-corrected chi connectivity index (χ3v) is 3.00. The molecule has 4 nitrogen and oxygen atoms in total. The van der Waals surface area contributed by atoms with Crippen LogP contribution in [0.15, 0.2) is 23.7 Å². The smallest absolute Gasteiger partial charge is 0.257 e. The summed E-state index contributed by atoms with van der Waals surface area (Å²) in [5.41, 5.74) is -0.319. The molecule has 2 rings (SSSR count). The molecule has 0 unspecified atom stereocenters. The minimum absolute atomic E-state index is 0.0909. The van der Waals surface area contributed by atoms with Crippen LogP contribution in [-0.4, -0.2) is 17.4 Å². The fourth-order valence-electron chi connectivity index (χ4n) is 1.50. The second kappa shape index (κ2) is 5.75. The molecule has 0 aliphatic rings. The Morgan fingerprint density at radius 1 is 1.37 bits per heavy atom. The van der Waals surface area contributed by atoms with Crippen LogP contribution in [0.4, 0.5) is 19.6 Å². The summed E-state index contributed by atoms with van der Waals surface area (Å²) in [5, 5.41) is 7.08. The molecule has 1 amide bonds. The van der Waals surface area contributed by atoms with Crippen molar-refractivity contribution in [3.63, 3.8) is 0 Å². The molecule has 0 saturated heterocycles. The lowest BCUT2D eigenvalue weighted by Gasteiger charge is -2.08. The molecule has 7 heteroatoms. The van der Waals surface area contributed by atoms with Crippen LogP contribution in [-0.2, 0) is 0 Å². The third-order valence-electron chi connectivity index (χ3n) is 2.31. The lowest BCUT2D eigenvalue weighted by atomic mass is 10.1. The van der Waals surface area contributed by atoms with E-state index in [0.29, 0.717) is 11.7 Å². The summed E-state index contributed by atoms with van der Waals surface area (Å²) in [6.45, 7) is 2.11. The van der Waals surface area contributed by atoms with Crippen molar-refractivity contribution in [2.24, 2.45) is 0 Å². The Morgan fingerprint density at radius 2 is 2.05 bits per heavy atom. The molecule has 0 bridgehead atoms. The van der Waals surface area contributed by atoms with Crippen LogP contribution in [0.5, 0.6) is 0 Å². The summed E-state index contributed by atoms with van der Waals surface area (Å²) in [5.74, 6) is -2.20. The van der Waals surface area contributed by atoms with Gasteiger partial charge >= 0.3 is 0 Å². The number of thiazole rings is 1. The van der Waals surface area contributed by atoms with Gasteiger partial charge in [0.05, 0.1) is 0 Å². The lowest BCUT2D eigenvalue weighted by Crippen LogP contribution is -2.13. The van der Waals surface area contributed by atoms with Gasteiger partial charge in [-0.1, -0.05) is 0 Å². The van der Waals surface area contributed by atoms with Gasteiger partial charge < -0.3 is 5.32 Å². The number of nitrogens with zero attached hydrogens (tertiary/aromatic N) is 1. The predicted octanol–water partition coefficient (Wildman–Crippen LogP) is 3.11. The maximum Gasteiger partial charge on any atom is 0.257 e. The molecule has 0 radical (unpaired) electrons. The van der Waals surface area contributed by atoms with Crippen molar-refractivity contribution in [1.29, 1.82) is 0 Å². The number of rotatable bonds is 4. The van der Waals surface area contributed by atoms with Crippen LogP contribution >= 0.6 is 11.3 Å². The number of hydrogen-bond donors (Lipinski definition) is 2. The monoisotopic (exact) mass is 283 g/mol. The van der Waals surface area contributed by atoms with Crippen molar-refractivity contribution in [2.45, 2.75) is 6.92 Å². The van der Waals surface area contributed by atoms with Crippen molar-refractivity contribution in [3.8, 4) is 0 Å². The summed E-state index contributed by atoms with van der Waals surface area (Å²) < 4.78 is 27.3. The van der Waals surface area contributed by atoms with E-state index >= 15 is 0 Å². The minimum atomic E-state index is -0.800. The highest BCUT2D eigenvalue weighted by Crippen LogP contribution is 2.21. The molecule has 1 aromatic heterocycles. The largest absolute Gasteiger partial charge is 0.381 e. The number of nitrogens with one attached hydrogen (secondary N) is 2. The van der Waals surface area contributed by atoms with E-state index in [1.165, 1.54) is 17.5 Å². The Morgan fingerprint density at radius 3 is 2.58 bits per heavy atom. The van der Waals surface area contributed by atoms with E-state index < -0.39 is 17.5 Å². The van der Waals surface area contributed by atoms with Crippen LogP contribution < -0.4 is 10.6 Å². The molecular weight excluding hydrogens is 272 g/mol. The van der Waals surface area contributed by atoms with Crippen molar-refractivity contribution >= 4 is 28.1 Å². The van der Waals surface area contributed by atoms with Gasteiger partial charge in [0.25, 0.3) is 5.91 Å².